The molecule has 4 atom stereocenters. The molecule has 0 radical (unpaired) electrons. The largest absolute Gasteiger partial charge is 0.376 e. The van der Waals surface area contributed by atoms with E-state index in [4.69, 9.17) is 15.0 Å². The maximum absolute atomic E-state index is 9.05. The van der Waals surface area contributed by atoms with Crippen LogP contribution in [-0.2, 0) is 22.7 Å². The first-order valence-electron chi connectivity index (χ1n) is 10.4. The second kappa shape index (κ2) is 10.4. The molecule has 0 heterocycles. The summed E-state index contributed by atoms with van der Waals surface area (Å²) in [5.41, 5.74) is 11.0. The van der Waals surface area contributed by atoms with E-state index in [9.17, 15) is 0 Å². The number of benzene rings is 2. The molecule has 1 fully saturated rings. The molecule has 0 saturated heterocycles. The van der Waals surface area contributed by atoms with Gasteiger partial charge in [-0.05, 0) is 47.3 Å². The van der Waals surface area contributed by atoms with Crippen LogP contribution in [-0.4, -0.2) is 18.8 Å². The van der Waals surface area contributed by atoms with Crippen LogP contribution in [0.3, 0.4) is 0 Å². The fourth-order valence-electron chi connectivity index (χ4n) is 4.24. The summed E-state index contributed by atoms with van der Waals surface area (Å²) in [4.78, 5) is 3.12. The van der Waals surface area contributed by atoms with E-state index in [0.29, 0.717) is 44.2 Å². The number of azide groups is 1. The third kappa shape index (κ3) is 6.07. The molecule has 1 unspecified atom stereocenters. The van der Waals surface area contributed by atoms with Gasteiger partial charge in [0.1, 0.15) is 0 Å². The van der Waals surface area contributed by atoms with Crippen molar-refractivity contribution in [3.8, 4) is 0 Å². The summed E-state index contributed by atoms with van der Waals surface area (Å²) < 4.78 is 12.1. The lowest BCUT2D eigenvalue weighted by molar-refractivity contribution is -0.0241. The molecule has 0 N–H and O–H groups in total. The quantitative estimate of drug-likeness (QED) is 0.291. The molecule has 0 aromatic heterocycles. The van der Waals surface area contributed by atoms with Crippen LogP contribution in [0.2, 0.25) is 0 Å². The minimum absolute atomic E-state index is 0.307. The van der Waals surface area contributed by atoms with Crippen molar-refractivity contribution in [3.63, 3.8) is 0 Å². The number of nitrogens with zero attached hydrogens (tertiary/aromatic N) is 3. The molecule has 1 aliphatic carbocycles. The molecule has 154 valence electrons. The maximum Gasteiger partial charge on any atom is 0.0717 e. The van der Waals surface area contributed by atoms with E-state index < -0.39 is 0 Å². The summed E-state index contributed by atoms with van der Waals surface area (Å²) in [6, 6.07) is 20.5. The zero-order chi connectivity index (χ0) is 20.5. The van der Waals surface area contributed by atoms with E-state index in [2.05, 4.69) is 48.1 Å². The fraction of sp³-hybridized carbons (Fsp3) is 0.500. The molecule has 29 heavy (non-hydrogen) atoms. The minimum atomic E-state index is -0.370. The van der Waals surface area contributed by atoms with Gasteiger partial charge in [-0.15, -0.1) is 0 Å². The Labute approximate surface area is 173 Å². The van der Waals surface area contributed by atoms with Gasteiger partial charge in [0, 0.05) is 10.5 Å². The summed E-state index contributed by atoms with van der Waals surface area (Å²) in [7, 11) is 0. The van der Waals surface area contributed by atoms with E-state index in [-0.39, 0.29) is 5.54 Å². The molecule has 0 aliphatic heterocycles. The van der Waals surface area contributed by atoms with Crippen LogP contribution >= 0.6 is 0 Å². The Morgan fingerprint density at radius 2 is 1.45 bits per heavy atom. The topological polar surface area (TPSA) is 67.2 Å². The Kier molecular flexibility index (Phi) is 7.70. The molecular formula is C24H31N3O2. The number of hydrogen-bond donors (Lipinski definition) is 0. The van der Waals surface area contributed by atoms with Gasteiger partial charge in [0.15, 0.2) is 0 Å². The van der Waals surface area contributed by atoms with Gasteiger partial charge in [0.05, 0.1) is 26.4 Å². The van der Waals surface area contributed by atoms with Gasteiger partial charge < -0.3 is 9.47 Å². The van der Waals surface area contributed by atoms with Gasteiger partial charge in [-0.2, -0.15) is 0 Å². The van der Waals surface area contributed by atoms with Crippen molar-refractivity contribution in [2.75, 3.05) is 13.2 Å². The van der Waals surface area contributed by atoms with Crippen molar-refractivity contribution in [3.05, 3.63) is 82.2 Å². The molecule has 0 amide bonds. The monoisotopic (exact) mass is 393 g/mol. The molecule has 3 rings (SSSR count). The SMILES string of the molecule is C[C@@H]1C[C@H](COCc2ccccc2)[C@H](COCc2ccccc2)CC1(C)N=[N+]=[N-]. The van der Waals surface area contributed by atoms with Crippen molar-refractivity contribution in [1.82, 2.24) is 0 Å². The second-order valence-electron chi connectivity index (χ2n) is 8.41. The fourth-order valence-corrected chi connectivity index (χ4v) is 4.24. The summed E-state index contributed by atoms with van der Waals surface area (Å²) in [6.45, 7) is 6.82. The van der Waals surface area contributed by atoms with Gasteiger partial charge in [-0.3, -0.25) is 0 Å². The van der Waals surface area contributed by atoms with E-state index in [1.54, 1.807) is 0 Å². The van der Waals surface area contributed by atoms with Crippen LogP contribution in [0.1, 0.15) is 37.8 Å². The predicted molar refractivity (Wildman–Crippen MR) is 115 cm³/mol. The average molecular weight is 394 g/mol. The molecule has 5 heteroatoms. The van der Waals surface area contributed by atoms with E-state index in [1.165, 1.54) is 11.1 Å². The predicted octanol–water partition coefficient (Wildman–Crippen LogP) is 6.15. The van der Waals surface area contributed by atoms with E-state index >= 15 is 0 Å². The third-order valence-electron chi connectivity index (χ3n) is 6.22. The number of rotatable bonds is 9. The highest BCUT2D eigenvalue weighted by Gasteiger charge is 2.42. The van der Waals surface area contributed by atoms with Crippen molar-refractivity contribution >= 4 is 0 Å². The smallest absolute Gasteiger partial charge is 0.0717 e. The molecular weight excluding hydrogens is 362 g/mol. The van der Waals surface area contributed by atoms with E-state index in [1.807, 2.05) is 36.4 Å². The first kappa shape index (κ1) is 21.4. The Balaban J connectivity index is 1.60. The molecule has 2 aromatic rings. The van der Waals surface area contributed by atoms with Crippen LogP contribution in [0.5, 0.6) is 0 Å². The van der Waals surface area contributed by atoms with Crippen LogP contribution in [0, 0.1) is 17.8 Å². The molecule has 2 aromatic carbocycles. The highest BCUT2D eigenvalue weighted by atomic mass is 16.5. The highest BCUT2D eigenvalue weighted by molar-refractivity contribution is 5.14. The summed E-state index contributed by atoms with van der Waals surface area (Å²) in [5.74, 6) is 1.02. The van der Waals surface area contributed by atoms with Crippen molar-refractivity contribution in [2.24, 2.45) is 22.9 Å². The van der Waals surface area contributed by atoms with Crippen LogP contribution in [0.4, 0.5) is 0 Å². The van der Waals surface area contributed by atoms with Crippen LogP contribution in [0.15, 0.2) is 65.8 Å². The van der Waals surface area contributed by atoms with Crippen molar-refractivity contribution < 1.29 is 9.47 Å². The van der Waals surface area contributed by atoms with Gasteiger partial charge in [0.25, 0.3) is 0 Å². The third-order valence-corrected chi connectivity index (χ3v) is 6.22. The maximum atomic E-state index is 9.05. The normalized spacial score (nSPS) is 26.6. The number of hydrogen-bond acceptors (Lipinski definition) is 3. The van der Waals surface area contributed by atoms with Crippen molar-refractivity contribution in [2.45, 2.75) is 45.4 Å². The van der Waals surface area contributed by atoms with Crippen LogP contribution < -0.4 is 0 Å². The van der Waals surface area contributed by atoms with Gasteiger partial charge >= 0.3 is 0 Å². The Morgan fingerprint density at radius 1 is 0.931 bits per heavy atom. The number of ether oxygens (including phenoxy) is 2. The minimum Gasteiger partial charge on any atom is -0.376 e. The molecule has 0 bridgehead atoms. The zero-order valence-electron chi connectivity index (χ0n) is 17.4. The molecule has 0 spiro atoms. The second-order valence-corrected chi connectivity index (χ2v) is 8.41. The standard InChI is InChI=1S/C24H31N3O2/c1-19-13-22(17-28-15-20-9-5-3-6-10-20)23(14-24(19,2)26-27-25)18-29-16-21-11-7-4-8-12-21/h3-12,19,22-23H,13-18H2,1-2H3/t19-,22-,23+,24?/m1/s1. The Morgan fingerprint density at radius 3 is 1.97 bits per heavy atom. The first-order valence-corrected chi connectivity index (χ1v) is 10.4. The lowest BCUT2D eigenvalue weighted by Gasteiger charge is -2.44. The molecule has 1 aliphatic rings. The summed E-state index contributed by atoms with van der Waals surface area (Å²) in [6.07, 6.45) is 1.80. The average Bonchev–Trinajstić information content (AvgIpc) is 2.73. The molecule has 5 nitrogen and oxygen atoms in total. The highest BCUT2D eigenvalue weighted by Crippen LogP contribution is 2.43. The molecule has 1 saturated carbocycles. The Bertz CT molecular complexity index is 792. The first-order chi connectivity index (χ1) is 14.1. The lowest BCUT2D eigenvalue weighted by atomic mass is 9.66. The lowest BCUT2D eigenvalue weighted by Crippen LogP contribution is -2.44. The summed E-state index contributed by atoms with van der Waals surface area (Å²) >= 11 is 0. The van der Waals surface area contributed by atoms with Gasteiger partial charge in [-0.25, -0.2) is 0 Å². The Hall–Kier alpha value is -2.33. The van der Waals surface area contributed by atoms with E-state index in [0.717, 1.165) is 12.8 Å². The van der Waals surface area contributed by atoms with Gasteiger partial charge in [-0.1, -0.05) is 79.6 Å². The van der Waals surface area contributed by atoms with Crippen LogP contribution in [0.25, 0.3) is 10.4 Å². The summed E-state index contributed by atoms with van der Waals surface area (Å²) in [5, 5.41) is 4.16. The van der Waals surface area contributed by atoms with Gasteiger partial charge in [0.2, 0.25) is 0 Å². The zero-order valence-corrected chi connectivity index (χ0v) is 17.4. The van der Waals surface area contributed by atoms with Crippen molar-refractivity contribution in [1.29, 1.82) is 0 Å².